The molecule has 3 heterocycles. The van der Waals surface area contributed by atoms with Gasteiger partial charge in [0.05, 0.1) is 22.3 Å². The van der Waals surface area contributed by atoms with Gasteiger partial charge in [-0.05, 0) is 59.7 Å². The molecule has 0 aliphatic carbocycles. The van der Waals surface area contributed by atoms with Crippen LogP contribution in [-0.4, -0.2) is 17.2 Å². The van der Waals surface area contributed by atoms with E-state index in [2.05, 4.69) is 113 Å². The Balaban J connectivity index is 1.63. The number of nitrogens with zero attached hydrogens (tertiary/aromatic N) is 2. The molecular formula is C34H22N2S. The van der Waals surface area contributed by atoms with E-state index >= 15 is 0 Å². The number of hydrogen-bond donors (Lipinski definition) is 0. The number of thiophene rings is 1. The lowest BCUT2D eigenvalue weighted by molar-refractivity contribution is 1.37. The SMILES string of the molecule is C=CC(=NC)c1ccc2c(c1)c1cc(-c3ccccc3)cc3c4c5c(ccc4n2c13)sc1ccccc15. The minimum atomic E-state index is 0.908. The Kier molecular flexibility index (Phi) is 4.20. The highest BCUT2D eigenvalue weighted by Crippen LogP contribution is 2.47. The van der Waals surface area contributed by atoms with Gasteiger partial charge in [-0.2, -0.15) is 0 Å². The minimum Gasteiger partial charge on any atom is -0.308 e. The van der Waals surface area contributed by atoms with Gasteiger partial charge in [0.2, 0.25) is 0 Å². The van der Waals surface area contributed by atoms with Crippen molar-refractivity contribution in [1.82, 2.24) is 4.40 Å². The van der Waals surface area contributed by atoms with Gasteiger partial charge in [0, 0.05) is 54.3 Å². The van der Waals surface area contributed by atoms with E-state index in [4.69, 9.17) is 0 Å². The van der Waals surface area contributed by atoms with Crippen LogP contribution in [0.5, 0.6) is 0 Å². The summed E-state index contributed by atoms with van der Waals surface area (Å²) in [6.45, 7) is 3.98. The molecule has 8 aromatic rings. The fourth-order valence-electron chi connectivity index (χ4n) is 6.15. The van der Waals surface area contributed by atoms with Crippen molar-refractivity contribution in [2.45, 2.75) is 0 Å². The van der Waals surface area contributed by atoms with Crippen molar-refractivity contribution < 1.29 is 0 Å². The van der Waals surface area contributed by atoms with Crippen LogP contribution in [0.4, 0.5) is 0 Å². The lowest BCUT2D eigenvalue weighted by Gasteiger charge is -2.06. The van der Waals surface area contributed by atoms with Crippen LogP contribution in [0.1, 0.15) is 5.56 Å². The molecule has 0 fully saturated rings. The summed E-state index contributed by atoms with van der Waals surface area (Å²) >= 11 is 1.88. The third-order valence-electron chi connectivity index (χ3n) is 7.73. The summed E-state index contributed by atoms with van der Waals surface area (Å²) in [5.74, 6) is 0. The molecule has 0 saturated heterocycles. The first-order valence-electron chi connectivity index (χ1n) is 12.5. The van der Waals surface area contributed by atoms with E-state index in [9.17, 15) is 0 Å². The number of aromatic nitrogens is 1. The number of fused-ring (bicyclic) bond motifs is 10. The maximum atomic E-state index is 4.45. The Morgan fingerprint density at radius 3 is 2.32 bits per heavy atom. The average molecular weight is 491 g/mol. The molecule has 0 spiro atoms. The molecule has 0 aliphatic heterocycles. The van der Waals surface area contributed by atoms with Crippen molar-refractivity contribution in [1.29, 1.82) is 0 Å². The maximum absolute atomic E-state index is 4.45. The summed E-state index contributed by atoms with van der Waals surface area (Å²) in [4.78, 5) is 4.45. The van der Waals surface area contributed by atoms with Crippen molar-refractivity contribution in [3.05, 3.63) is 115 Å². The molecule has 8 rings (SSSR count). The fourth-order valence-corrected chi connectivity index (χ4v) is 7.26. The lowest BCUT2D eigenvalue weighted by atomic mass is 9.97. The van der Waals surface area contributed by atoms with Gasteiger partial charge in [-0.25, -0.2) is 0 Å². The van der Waals surface area contributed by atoms with Gasteiger partial charge in [0.25, 0.3) is 0 Å². The summed E-state index contributed by atoms with van der Waals surface area (Å²) in [5.41, 5.74) is 8.25. The molecule has 5 aromatic carbocycles. The van der Waals surface area contributed by atoms with Crippen molar-refractivity contribution in [3.63, 3.8) is 0 Å². The number of benzene rings is 5. The summed E-state index contributed by atoms with van der Waals surface area (Å²) in [5, 5.41) is 7.88. The molecule has 3 aromatic heterocycles. The topological polar surface area (TPSA) is 16.8 Å². The highest BCUT2D eigenvalue weighted by molar-refractivity contribution is 7.26. The van der Waals surface area contributed by atoms with Crippen LogP contribution >= 0.6 is 11.3 Å². The number of rotatable bonds is 3. The molecule has 0 radical (unpaired) electrons. The Bertz CT molecular complexity index is 2210. The first-order valence-corrected chi connectivity index (χ1v) is 13.3. The average Bonchev–Trinajstić information content (AvgIpc) is 3.60. The molecule has 37 heavy (non-hydrogen) atoms. The molecule has 174 valence electrons. The second-order valence-electron chi connectivity index (χ2n) is 9.60. The van der Waals surface area contributed by atoms with Crippen LogP contribution < -0.4 is 0 Å². The maximum Gasteiger partial charge on any atom is 0.0637 e. The zero-order chi connectivity index (χ0) is 24.7. The minimum absolute atomic E-state index is 0.908. The molecule has 3 heteroatoms. The zero-order valence-electron chi connectivity index (χ0n) is 20.3. The highest BCUT2D eigenvalue weighted by Gasteiger charge is 2.22. The van der Waals surface area contributed by atoms with E-state index in [1.165, 1.54) is 69.4 Å². The molecular weight excluding hydrogens is 468 g/mol. The molecule has 0 unspecified atom stereocenters. The quantitative estimate of drug-likeness (QED) is 0.219. The van der Waals surface area contributed by atoms with Crippen molar-refractivity contribution in [2.75, 3.05) is 7.05 Å². The first kappa shape index (κ1) is 20.7. The summed E-state index contributed by atoms with van der Waals surface area (Å²) in [7, 11) is 1.83. The third kappa shape index (κ3) is 2.72. The normalized spacial score (nSPS) is 12.7. The smallest absolute Gasteiger partial charge is 0.0637 e. The predicted octanol–water partition coefficient (Wildman–Crippen LogP) is 9.48. The van der Waals surface area contributed by atoms with Crippen molar-refractivity contribution in [3.8, 4) is 11.1 Å². The number of aliphatic imine (C=N–C) groups is 1. The van der Waals surface area contributed by atoms with E-state index in [0.717, 1.165) is 11.3 Å². The van der Waals surface area contributed by atoms with Gasteiger partial charge in [0.1, 0.15) is 0 Å². The standard InChI is InChI=1S/C34H22N2S/c1-3-27(35-2)21-13-14-28-24(17-21)25-18-22(20-9-5-4-6-10-20)19-26-32-29(36(28)34(25)26)15-16-31-33(32)23-11-7-8-12-30(23)37-31/h3-19H,1H2,2H3. The monoisotopic (exact) mass is 490 g/mol. The molecule has 0 atom stereocenters. The van der Waals surface area contributed by atoms with Crippen molar-refractivity contribution in [2.24, 2.45) is 4.99 Å². The second kappa shape index (κ2) is 7.52. The van der Waals surface area contributed by atoms with E-state index in [0.29, 0.717) is 0 Å². The van der Waals surface area contributed by atoms with Crippen LogP contribution in [0.25, 0.3) is 69.4 Å². The molecule has 0 N–H and O–H groups in total. The fraction of sp³-hybridized carbons (Fsp3) is 0.0294. The van der Waals surface area contributed by atoms with Gasteiger partial charge in [-0.3, -0.25) is 4.99 Å². The molecule has 0 amide bonds. The van der Waals surface area contributed by atoms with Gasteiger partial charge in [-0.1, -0.05) is 61.2 Å². The Morgan fingerprint density at radius 2 is 1.49 bits per heavy atom. The number of allylic oxidation sites excluding steroid dienone is 1. The Morgan fingerprint density at radius 1 is 0.703 bits per heavy atom. The summed E-state index contributed by atoms with van der Waals surface area (Å²) in [6, 6.07) is 35.6. The van der Waals surface area contributed by atoms with Crippen molar-refractivity contribution >= 4 is 75.3 Å². The lowest BCUT2D eigenvalue weighted by Crippen LogP contribution is -1.95. The largest absolute Gasteiger partial charge is 0.308 e. The van der Waals surface area contributed by atoms with Crippen LogP contribution in [0.3, 0.4) is 0 Å². The molecule has 2 nitrogen and oxygen atoms in total. The van der Waals surface area contributed by atoms with E-state index in [-0.39, 0.29) is 0 Å². The zero-order valence-corrected chi connectivity index (χ0v) is 21.1. The van der Waals surface area contributed by atoms with Crippen LogP contribution in [0, 0.1) is 0 Å². The third-order valence-corrected chi connectivity index (χ3v) is 8.87. The predicted molar refractivity (Wildman–Crippen MR) is 162 cm³/mol. The van der Waals surface area contributed by atoms with Crippen LogP contribution in [0.2, 0.25) is 0 Å². The summed E-state index contributed by atoms with van der Waals surface area (Å²) in [6.07, 6.45) is 1.83. The van der Waals surface area contributed by atoms with E-state index in [1.54, 1.807) is 0 Å². The molecule has 0 aliphatic rings. The van der Waals surface area contributed by atoms with Gasteiger partial charge < -0.3 is 4.40 Å². The number of hydrogen-bond acceptors (Lipinski definition) is 2. The van der Waals surface area contributed by atoms with Crippen LogP contribution in [0.15, 0.2) is 115 Å². The van der Waals surface area contributed by atoms with E-state index in [1.807, 2.05) is 24.5 Å². The summed E-state index contributed by atoms with van der Waals surface area (Å²) < 4.78 is 5.14. The van der Waals surface area contributed by atoms with E-state index < -0.39 is 0 Å². The van der Waals surface area contributed by atoms with Gasteiger partial charge >= 0.3 is 0 Å². The van der Waals surface area contributed by atoms with Crippen LogP contribution in [-0.2, 0) is 0 Å². The Labute approximate surface area is 217 Å². The molecule has 0 bridgehead atoms. The van der Waals surface area contributed by atoms with Gasteiger partial charge in [0.15, 0.2) is 0 Å². The highest BCUT2D eigenvalue weighted by atomic mass is 32.1. The second-order valence-corrected chi connectivity index (χ2v) is 10.7. The van der Waals surface area contributed by atoms with Gasteiger partial charge in [-0.15, -0.1) is 11.3 Å². The Hall–Kier alpha value is -4.47. The molecule has 0 saturated carbocycles. The first-order chi connectivity index (χ1) is 18.3.